The molecule has 0 saturated heterocycles. The summed E-state index contributed by atoms with van der Waals surface area (Å²) in [5.74, 6) is 1.11. The van der Waals surface area contributed by atoms with E-state index in [4.69, 9.17) is 9.47 Å². The first-order valence-electron chi connectivity index (χ1n) is 5.24. The highest BCUT2D eigenvalue weighted by Gasteiger charge is 2.17. The first kappa shape index (κ1) is 11.5. The molecule has 0 saturated carbocycles. The van der Waals surface area contributed by atoms with Crippen LogP contribution in [0.25, 0.3) is 0 Å². The number of ether oxygens (including phenoxy) is 2. The number of aliphatic hydroxyl groups excluding tert-OH is 1. The van der Waals surface area contributed by atoms with Gasteiger partial charge in [-0.1, -0.05) is 6.92 Å². The molecule has 0 spiro atoms. The first-order chi connectivity index (χ1) is 6.74. The van der Waals surface area contributed by atoms with Gasteiger partial charge in [0.1, 0.15) is 11.9 Å². The van der Waals surface area contributed by atoms with Gasteiger partial charge in [0, 0.05) is 13.7 Å². The summed E-state index contributed by atoms with van der Waals surface area (Å²) in [6.07, 6.45) is 4.32. The Morgan fingerprint density at radius 2 is 2.43 bits per heavy atom. The summed E-state index contributed by atoms with van der Waals surface area (Å²) in [7, 11) is 1.68. The molecule has 0 amide bonds. The Morgan fingerprint density at radius 3 is 3.00 bits per heavy atom. The molecule has 3 nitrogen and oxygen atoms in total. The van der Waals surface area contributed by atoms with Crippen LogP contribution in [0.15, 0.2) is 11.8 Å². The van der Waals surface area contributed by atoms with E-state index in [1.165, 1.54) is 0 Å². The smallest absolute Gasteiger partial charge is 0.120 e. The molecular formula is C11H20O3. The van der Waals surface area contributed by atoms with E-state index in [-0.39, 0.29) is 0 Å². The summed E-state index contributed by atoms with van der Waals surface area (Å²) in [6, 6.07) is 0. The van der Waals surface area contributed by atoms with Crippen molar-refractivity contribution in [2.75, 3.05) is 20.3 Å². The van der Waals surface area contributed by atoms with Gasteiger partial charge in [-0.3, -0.25) is 0 Å². The quantitative estimate of drug-likeness (QED) is 0.734. The number of hydrogen-bond acceptors (Lipinski definition) is 3. The molecule has 1 rings (SSSR count). The van der Waals surface area contributed by atoms with Gasteiger partial charge in [-0.25, -0.2) is 0 Å². The Morgan fingerprint density at radius 1 is 1.64 bits per heavy atom. The molecule has 2 atom stereocenters. The second-order valence-corrected chi connectivity index (χ2v) is 3.91. The molecule has 2 unspecified atom stereocenters. The topological polar surface area (TPSA) is 38.7 Å². The highest BCUT2D eigenvalue weighted by Crippen LogP contribution is 2.18. The fourth-order valence-corrected chi connectivity index (χ4v) is 1.66. The van der Waals surface area contributed by atoms with E-state index in [1.807, 2.05) is 6.08 Å². The summed E-state index contributed by atoms with van der Waals surface area (Å²) >= 11 is 0. The third-order valence-electron chi connectivity index (χ3n) is 2.37. The molecule has 0 radical (unpaired) electrons. The molecule has 3 heteroatoms. The van der Waals surface area contributed by atoms with Gasteiger partial charge in [0.15, 0.2) is 0 Å². The fourth-order valence-electron chi connectivity index (χ4n) is 1.66. The van der Waals surface area contributed by atoms with Crippen molar-refractivity contribution >= 4 is 0 Å². The summed E-state index contributed by atoms with van der Waals surface area (Å²) in [4.78, 5) is 0. The van der Waals surface area contributed by atoms with Crippen molar-refractivity contribution in [3.8, 4) is 0 Å². The Balaban J connectivity index is 2.32. The average Bonchev–Trinajstić information content (AvgIpc) is 2.19. The van der Waals surface area contributed by atoms with E-state index in [1.54, 1.807) is 7.11 Å². The molecule has 0 aromatic carbocycles. The van der Waals surface area contributed by atoms with Crippen LogP contribution in [0, 0.1) is 5.92 Å². The monoisotopic (exact) mass is 200 g/mol. The Kier molecular flexibility index (Phi) is 4.98. The second-order valence-electron chi connectivity index (χ2n) is 3.91. The minimum Gasteiger partial charge on any atom is -0.496 e. The van der Waals surface area contributed by atoms with Gasteiger partial charge in [0.2, 0.25) is 0 Å². The van der Waals surface area contributed by atoms with Crippen LogP contribution in [0.2, 0.25) is 0 Å². The van der Waals surface area contributed by atoms with Crippen LogP contribution in [0.5, 0.6) is 0 Å². The van der Waals surface area contributed by atoms with Crippen molar-refractivity contribution in [1.29, 1.82) is 0 Å². The van der Waals surface area contributed by atoms with E-state index in [2.05, 4.69) is 6.92 Å². The van der Waals surface area contributed by atoms with Crippen molar-refractivity contribution < 1.29 is 14.6 Å². The van der Waals surface area contributed by atoms with Gasteiger partial charge in [-0.15, -0.1) is 0 Å². The van der Waals surface area contributed by atoms with Gasteiger partial charge in [-0.05, 0) is 31.3 Å². The largest absolute Gasteiger partial charge is 0.496 e. The molecule has 82 valence electrons. The third-order valence-corrected chi connectivity index (χ3v) is 2.37. The second kappa shape index (κ2) is 6.04. The molecule has 0 fully saturated rings. The van der Waals surface area contributed by atoms with Crippen molar-refractivity contribution in [3.63, 3.8) is 0 Å². The molecular weight excluding hydrogens is 180 g/mol. The lowest BCUT2D eigenvalue weighted by Gasteiger charge is -2.21. The minimum absolute atomic E-state index is 0.362. The zero-order valence-electron chi connectivity index (χ0n) is 9.03. The Hall–Kier alpha value is -0.540. The van der Waals surface area contributed by atoms with Gasteiger partial charge in [-0.2, -0.15) is 0 Å². The van der Waals surface area contributed by atoms with Crippen LogP contribution >= 0.6 is 0 Å². The van der Waals surface area contributed by atoms with Gasteiger partial charge in [0.05, 0.1) is 6.61 Å². The van der Waals surface area contributed by atoms with Crippen LogP contribution < -0.4 is 0 Å². The van der Waals surface area contributed by atoms with Crippen LogP contribution in [-0.4, -0.2) is 31.5 Å². The molecule has 0 aromatic rings. The predicted molar refractivity (Wildman–Crippen MR) is 54.9 cm³/mol. The van der Waals surface area contributed by atoms with E-state index >= 15 is 0 Å². The first-order valence-corrected chi connectivity index (χ1v) is 5.24. The van der Waals surface area contributed by atoms with Gasteiger partial charge in [0.25, 0.3) is 0 Å². The summed E-state index contributed by atoms with van der Waals surface area (Å²) in [5, 5.41) is 9.82. The van der Waals surface area contributed by atoms with Crippen LogP contribution in [0.4, 0.5) is 0 Å². The molecule has 14 heavy (non-hydrogen) atoms. The van der Waals surface area contributed by atoms with E-state index in [0.29, 0.717) is 18.9 Å². The predicted octanol–water partition coefficient (Wildman–Crippen LogP) is 1.71. The molecule has 1 aliphatic rings. The van der Waals surface area contributed by atoms with Gasteiger partial charge >= 0.3 is 0 Å². The van der Waals surface area contributed by atoms with Crippen LogP contribution in [-0.2, 0) is 9.47 Å². The fraction of sp³-hybridized carbons (Fsp3) is 0.818. The lowest BCUT2D eigenvalue weighted by Crippen LogP contribution is -2.20. The summed E-state index contributed by atoms with van der Waals surface area (Å²) in [5.41, 5.74) is 0. The van der Waals surface area contributed by atoms with Crippen molar-refractivity contribution in [1.82, 2.24) is 0 Å². The number of methoxy groups -OCH3 is 1. The van der Waals surface area contributed by atoms with Crippen molar-refractivity contribution in [2.24, 2.45) is 5.92 Å². The van der Waals surface area contributed by atoms with Crippen molar-refractivity contribution in [3.05, 3.63) is 11.8 Å². The van der Waals surface area contributed by atoms with E-state index < -0.39 is 6.10 Å². The number of hydrogen-bond donors (Lipinski definition) is 1. The molecule has 0 aliphatic carbocycles. The standard InChI is InChI=1S/C11H20O3/c1-9(8-13-2)7-10(12)11-5-3-4-6-14-11/h5,9-10,12H,3-4,6-8H2,1-2H3. The summed E-state index contributed by atoms with van der Waals surface area (Å²) < 4.78 is 10.4. The number of rotatable bonds is 5. The molecule has 1 N–H and O–H groups in total. The SMILES string of the molecule is COCC(C)CC(O)C1=CCCCO1. The Labute approximate surface area is 85.7 Å². The number of aliphatic hydroxyl groups is 1. The normalized spacial score (nSPS) is 20.9. The van der Waals surface area contributed by atoms with Crippen molar-refractivity contribution in [2.45, 2.75) is 32.3 Å². The molecule has 1 aliphatic heterocycles. The van der Waals surface area contributed by atoms with Gasteiger partial charge < -0.3 is 14.6 Å². The van der Waals surface area contributed by atoms with E-state index in [0.717, 1.165) is 25.2 Å². The highest BCUT2D eigenvalue weighted by atomic mass is 16.5. The van der Waals surface area contributed by atoms with Crippen LogP contribution in [0.3, 0.4) is 0 Å². The maximum Gasteiger partial charge on any atom is 0.120 e. The molecule has 0 aromatic heterocycles. The zero-order chi connectivity index (χ0) is 10.4. The zero-order valence-corrected chi connectivity index (χ0v) is 9.03. The third kappa shape index (κ3) is 3.68. The lowest BCUT2D eigenvalue weighted by atomic mass is 10.0. The number of allylic oxidation sites excluding steroid dienone is 1. The maximum atomic E-state index is 9.82. The average molecular weight is 200 g/mol. The van der Waals surface area contributed by atoms with E-state index in [9.17, 15) is 5.11 Å². The van der Waals surface area contributed by atoms with Crippen LogP contribution in [0.1, 0.15) is 26.2 Å². The minimum atomic E-state index is -0.458. The highest BCUT2D eigenvalue weighted by molar-refractivity contribution is 5.02. The summed E-state index contributed by atoms with van der Waals surface area (Å²) in [6.45, 7) is 3.49. The Bertz CT molecular complexity index is 189. The molecule has 0 bridgehead atoms. The lowest BCUT2D eigenvalue weighted by molar-refractivity contribution is 0.0634. The maximum absolute atomic E-state index is 9.82. The molecule has 1 heterocycles.